The van der Waals surface area contributed by atoms with Crippen LogP contribution in [0.3, 0.4) is 0 Å². The van der Waals surface area contributed by atoms with Crippen molar-refractivity contribution in [1.82, 2.24) is 19.9 Å². The summed E-state index contributed by atoms with van der Waals surface area (Å²) < 4.78 is 7.72. The molecular formula is C30H31N5O3S. The lowest BCUT2D eigenvalue weighted by molar-refractivity contribution is 0.0936. The normalized spacial score (nSPS) is 14.9. The highest BCUT2D eigenvalue weighted by Gasteiger charge is 2.24. The fourth-order valence-electron chi connectivity index (χ4n) is 5.44. The number of rotatable bonds is 8. The number of thiazole rings is 1. The highest BCUT2D eigenvalue weighted by atomic mass is 32.1. The Morgan fingerprint density at radius 2 is 1.95 bits per heavy atom. The summed E-state index contributed by atoms with van der Waals surface area (Å²) in [4.78, 5) is 23.2. The van der Waals surface area contributed by atoms with Crippen LogP contribution in [0.2, 0.25) is 0 Å². The van der Waals surface area contributed by atoms with Gasteiger partial charge in [0, 0.05) is 24.0 Å². The van der Waals surface area contributed by atoms with Gasteiger partial charge in [-0.2, -0.15) is 0 Å². The molecule has 200 valence electrons. The molecule has 0 bridgehead atoms. The number of nitrogens with one attached hydrogen (secondary N) is 2. The highest BCUT2D eigenvalue weighted by Crippen LogP contribution is 2.36. The number of phenols is 1. The van der Waals surface area contributed by atoms with Crippen molar-refractivity contribution in [2.45, 2.75) is 50.6 Å². The zero-order valence-electron chi connectivity index (χ0n) is 21.8. The molecule has 39 heavy (non-hydrogen) atoms. The molecule has 5 aromatic rings. The summed E-state index contributed by atoms with van der Waals surface area (Å²) in [6.07, 6.45) is 9.89. The van der Waals surface area contributed by atoms with Crippen molar-refractivity contribution < 1.29 is 14.3 Å². The number of carbonyl (C=O) groups is 1. The summed E-state index contributed by atoms with van der Waals surface area (Å²) in [5, 5.41) is 18.7. The second kappa shape index (κ2) is 10.9. The minimum Gasteiger partial charge on any atom is -0.508 e. The Kier molecular flexibility index (Phi) is 7.06. The van der Waals surface area contributed by atoms with Gasteiger partial charge in [-0.25, -0.2) is 9.97 Å². The molecule has 0 saturated heterocycles. The SMILES string of the molecule is CNc1nc([C@H](Cc2ccc(O)cc2)NC(=O)c2ccc3c(c2)nc(-c2ccoc2)n3C2CCCCC2)cs1. The van der Waals surface area contributed by atoms with E-state index >= 15 is 0 Å². The summed E-state index contributed by atoms with van der Waals surface area (Å²) >= 11 is 1.50. The van der Waals surface area contributed by atoms with Crippen LogP contribution in [0.1, 0.15) is 65.8 Å². The van der Waals surface area contributed by atoms with Gasteiger partial charge in [0.05, 0.1) is 34.6 Å². The zero-order valence-corrected chi connectivity index (χ0v) is 22.6. The minimum atomic E-state index is -0.336. The van der Waals surface area contributed by atoms with Crippen LogP contribution >= 0.6 is 11.3 Å². The Balaban J connectivity index is 1.32. The van der Waals surface area contributed by atoms with Crippen LogP contribution in [0.5, 0.6) is 5.75 Å². The van der Waals surface area contributed by atoms with E-state index in [0.717, 1.165) is 51.7 Å². The van der Waals surface area contributed by atoms with Crippen LogP contribution in [0.25, 0.3) is 22.4 Å². The molecule has 1 amide bonds. The molecule has 6 rings (SSSR count). The van der Waals surface area contributed by atoms with Gasteiger partial charge < -0.3 is 24.7 Å². The monoisotopic (exact) mass is 541 g/mol. The number of hydrogen-bond donors (Lipinski definition) is 3. The van der Waals surface area contributed by atoms with Crippen molar-refractivity contribution in [1.29, 1.82) is 0 Å². The first-order valence-corrected chi connectivity index (χ1v) is 14.2. The Hall–Kier alpha value is -4.11. The van der Waals surface area contributed by atoms with Crippen molar-refractivity contribution >= 4 is 33.4 Å². The maximum atomic E-state index is 13.6. The Bertz CT molecular complexity index is 1570. The number of benzene rings is 2. The molecule has 1 aliphatic rings. The van der Waals surface area contributed by atoms with E-state index in [4.69, 9.17) is 9.40 Å². The lowest BCUT2D eigenvalue weighted by Crippen LogP contribution is -2.30. The van der Waals surface area contributed by atoms with Crippen molar-refractivity contribution in [3.05, 3.63) is 83.3 Å². The Morgan fingerprint density at radius 1 is 1.13 bits per heavy atom. The van der Waals surface area contributed by atoms with E-state index in [-0.39, 0.29) is 17.7 Å². The van der Waals surface area contributed by atoms with Gasteiger partial charge in [-0.15, -0.1) is 11.3 Å². The quantitative estimate of drug-likeness (QED) is 0.201. The van der Waals surface area contributed by atoms with Gasteiger partial charge in [0.1, 0.15) is 17.8 Å². The third kappa shape index (κ3) is 5.27. The number of furan rings is 1. The van der Waals surface area contributed by atoms with Gasteiger partial charge in [-0.3, -0.25) is 4.79 Å². The first kappa shape index (κ1) is 25.2. The summed E-state index contributed by atoms with van der Waals surface area (Å²) in [6, 6.07) is 14.8. The molecule has 9 heteroatoms. The molecular weight excluding hydrogens is 510 g/mol. The molecule has 3 heterocycles. The van der Waals surface area contributed by atoms with Gasteiger partial charge in [0.25, 0.3) is 5.91 Å². The maximum absolute atomic E-state index is 13.6. The topological polar surface area (TPSA) is 105 Å². The molecule has 2 aromatic carbocycles. The molecule has 0 unspecified atom stereocenters. The van der Waals surface area contributed by atoms with Crippen LogP contribution in [0.4, 0.5) is 5.13 Å². The number of fused-ring (bicyclic) bond motifs is 1. The van der Waals surface area contributed by atoms with Crippen molar-refractivity contribution in [2.24, 2.45) is 0 Å². The largest absolute Gasteiger partial charge is 0.508 e. The summed E-state index contributed by atoms with van der Waals surface area (Å²) in [6.45, 7) is 0. The van der Waals surface area contributed by atoms with Crippen LogP contribution < -0.4 is 10.6 Å². The standard InChI is InChI=1S/C30H31N5O3S/c1-31-30-34-26(18-39-30)24(15-19-7-10-23(36)11-8-19)33-29(37)20-9-12-27-25(16-20)32-28(21-13-14-38-17-21)35(27)22-5-3-2-4-6-22/h7-14,16-18,22,24,36H,2-6,15H2,1H3,(H,31,34)(H,33,37)/t24-/m0/s1. The molecule has 0 radical (unpaired) electrons. The van der Waals surface area contributed by atoms with E-state index < -0.39 is 0 Å². The van der Waals surface area contributed by atoms with Gasteiger partial charge >= 0.3 is 0 Å². The van der Waals surface area contributed by atoms with Gasteiger partial charge in [-0.05, 0) is 61.2 Å². The van der Waals surface area contributed by atoms with Crippen LogP contribution in [-0.4, -0.2) is 32.6 Å². The van der Waals surface area contributed by atoms with Crippen molar-refractivity contribution in [3.63, 3.8) is 0 Å². The number of anilines is 1. The lowest BCUT2D eigenvalue weighted by atomic mass is 9.95. The number of aromatic nitrogens is 3. The average Bonchev–Trinajstić information content (AvgIpc) is 3.73. The first-order chi connectivity index (χ1) is 19.1. The number of phenolic OH excluding ortho intramolecular Hbond substituents is 1. The molecule has 3 N–H and O–H groups in total. The number of imidazole rings is 1. The van der Waals surface area contributed by atoms with E-state index in [9.17, 15) is 9.90 Å². The summed E-state index contributed by atoms with van der Waals surface area (Å²) in [5.41, 5.74) is 5.10. The fourth-order valence-corrected chi connectivity index (χ4v) is 6.17. The van der Waals surface area contributed by atoms with Crippen LogP contribution in [0.15, 0.2) is 70.9 Å². The van der Waals surface area contributed by atoms with Crippen molar-refractivity contribution in [3.8, 4) is 17.1 Å². The van der Waals surface area contributed by atoms with E-state index in [2.05, 4.69) is 20.2 Å². The summed E-state index contributed by atoms with van der Waals surface area (Å²) in [7, 11) is 1.83. The Labute approximate surface area is 230 Å². The third-order valence-electron chi connectivity index (χ3n) is 7.45. The number of nitrogens with zero attached hydrogens (tertiary/aromatic N) is 3. The second-order valence-corrected chi connectivity index (χ2v) is 10.9. The number of carbonyl (C=O) groups excluding carboxylic acids is 1. The molecule has 1 aliphatic carbocycles. The Morgan fingerprint density at radius 3 is 2.67 bits per heavy atom. The highest BCUT2D eigenvalue weighted by molar-refractivity contribution is 7.13. The van der Waals surface area contributed by atoms with Crippen molar-refractivity contribution in [2.75, 3.05) is 12.4 Å². The molecule has 8 nitrogen and oxygen atoms in total. The van der Waals surface area contributed by atoms with Crippen LogP contribution in [0, 0.1) is 0 Å². The molecule has 1 atom stereocenters. The number of aromatic hydroxyl groups is 1. The van der Waals surface area contributed by atoms with Gasteiger partial charge in [0.2, 0.25) is 0 Å². The second-order valence-electron chi connectivity index (χ2n) is 10.0. The van der Waals surface area contributed by atoms with Gasteiger partial charge in [0.15, 0.2) is 5.13 Å². The van der Waals surface area contributed by atoms with E-state index in [0.29, 0.717) is 18.0 Å². The lowest BCUT2D eigenvalue weighted by Gasteiger charge is -2.25. The van der Waals surface area contributed by atoms with Crippen LogP contribution in [-0.2, 0) is 6.42 Å². The summed E-state index contributed by atoms with van der Waals surface area (Å²) in [5.74, 6) is 0.911. The zero-order chi connectivity index (χ0) is 26.8. The predicted molar refractivity (Wildman–Crippen MR) is 153 cm³/mol. The minimum absolute atomic E-state index is 0.184. The average molecular weight is 542 g/mol. The number of amides is 1. The van der Waals surface area contributed by atoms with E-state index in [1.165, 1.54) is 30.6 Å². The first-order valence-electron chi connectivity index (χ1n) is 13.4. The maximum Gasteiger partial charge on any atom is 0.251 e. The molecule has 1 fully saturated rings. The van der Waals surface area contributed by atoms with Gasteiger partial charge in [-0.1, -0.05) is 31.4 Å². The molecule has 1 saturated carbocycles. The number of hydrogen-bond acceptors (Lipinski definition) is 7. The molecule has 3 aromatic heterocycles. The van der Waals surface area contributed by atoms with E-state index in [1.807, 2.05) is 48.8 Å². The fraction of sp³-hybridized carbons (Fsp3) is 0.300. The molecule has 0 spiro atoms. The molecule has 0 aliphatic heterocycles. The predicted octanol–water partition coefficient (Wildman–Crippen LogP) is 6.72. The third-order valence-corrected chi connectivity index (χ3v) is 8.32. The van der Waals surface area contributed by atoms with E-state index in [1.54, 1.807) is 24.7 Å². The smallest absolute Gasteiger partial charge is 0.251 e.